The van der Waals surface area contributed by atoms with Crippen molar-refractivity contribution in [3.05, 3.63) is 65.0 Å². The predicted molar refractivity (Wildman–Crippen MR) is 85.6 cm³/mol. The summed E-state index contributed by atoms with van der Waals surface area (Å²) in [5, 5.41) is 2.73. The molecule has 0 aliphatic heterocycles. The van der Waals surface area contributed by atoms with Gasteiger partial charge in [-0.15, -0.1) is 0 Å². The highest BCUT2D eigenvalue weighted by Crippen LogP contribution is 2.24. The summed E-state index contributed by atoms with van der Waals surface area (Å²) < 4.78 is 18.7. The van der Waals surface area contributed by atoms with Crippen molar-refractivity contribution in [2.45, 2.75) is 26.4 Å². The van der Waals surface area contributed by atoms with E-state index in [0.717, 1.165) is 11.1 Å². The molecule has 116 valence electrons. The third-order valence-corrected chi connectivity index (χ3v) is 3.80. The van der Waals surface area contributed by atoms with Gasteiger partial charge in [0.15, 0.2) is 0 Å². The molecule has 4 heteroatoms. The molecule has 0 radical (unpaired) electrons. The molecule has 1 N–H and O–H groups in total. The molecule has 2 aromatic carbocycles. The zero-order valence-electron chi connectivity index (χ0n) is 13.2. The number of rotatable bonds is 4. The molecule has 0 unspecified atom stereocenters. The fraction of sp³-hybridized carbons (Fsp3) is 0.278. The van der Waals surface area contributed by atoms with Crippen LogP contribution in [0.4, 0.5) is 10.1 Å². The van der Waals surface area contributed by atoms with E-state index in [1.807, 2.05) is 32.9 Å². The molecule has 0 fully saturated rings. The second-order valence-electron chi connectivity index (χ2n) is 5.71. The maximum atomic E-state index is 13.3. The van der Waals surface area contributed by atoms with Crippen LogP contribution >= 0.6 is 0 Å². The molecule has 0 aliphatic rings. The van der Waals surface area contributed by atoms with Crippen molar-refractivity contribution < 1.29 is 13.9 Å². The van der Waals surface area contributed by atoms with E-state index in [0.29, 0.717) is 11.3 Å². The molecule has 0 atom stereocenters. The highest BCUT2D eigenvalue weighted by molar-refractivity contribution is 6.04. The molecule has 0 aromatic heterocycles. The third kappa shape index (κ3) is 3.52. The third-order valence-electron chi connectivity index (χ3n) is 3.80. The van der Waals surface area contributed by atoms with Gasteiger partial charge in [-0.25, -0.2) is 4.39 Å². The Morgan fingerprint density at radius 3 is 2.36 bits per heavy atom. The summed E-state index contributed by atoms with van der Waals surface area (Å²) in [6, 6.07) is 11.5. The van der Waals surface area contributed by atoms with E-state index in [4.69, 9.17) is 4.74 Å². The average molecular weight is 301 g/mol. The van der Waals surface area contributed by atoms with E-state index in [9.17, 15) is 9.18 Å². The van der Waals surface area contributed by atoms with Crippen LogP contribution in [0.3, 0.4) is 0 Å². The van der Waals surface area contributed by atoms with Crippen molar-refractivity contribution in [3.63, 3.8) is 0 Å². The van der Waals surface area contributed by atoms with Crippen LogP contribution in [-0.4, -0.2) is 13.0 Å². The van der Waals surface area contributed by atoms with Gasteiger partial charge in [-0.05, 0) is 56.2 Å². The number of carbonyl (C=O) groups excluding carboxylic acids is 1. The largest absolute Gasteiger partial charge is 0.374 e. The first-order valence-corrected chi connectivity index (χ1v) is 7.06. The number of carbonyl (C=O) groups is 1. The minimum absolute atomic E-state index is 0.268. The number of hydrogen-bond donors (Lipinski definition) is 1. The summed E-state index contributed by atoms with van der Waals surface area (Å²) in [4.78, 5) is 12.2. The van der Waals surface area contributed by atoms with Gasteiger partial charge in [0.2, 0.25) is 0 Å². The molecule has 2 aromatic rings. The first-order valence-electron chi connectivity index (χ1n) is 7.06. The summed E-state index contributed by atoms with van der Waals surface area (Å²) >= 11 is 0. The topological polar surface area (TPSA) is 38.3 Å². The molecule has 0 bridgehead atoms. The second-order valence-corrected chi connectivity index (χ2v) is 5.71. The number of nitrogens with one attached hydrogen (secondary N) is 1. The van der Waals surface area contributed by atoms with E-state index in [2.05, 4.69) is 5.32 Å². The first-order chi connectivity index (χ1) is 10.3. The normalized spacial score (nSPS) is 11.3. The van der Waals surface area contributed by atoms with Crippen molar-refractivity contribution in [3.8, 4) is 0 Å². The fourth-order valence-electron chi connectivity index (χ4n) is 2.06. The Morgan fingerprint density at radius 1 is 1.14 bits per heavy atom. The van der Waals surface area contributed by atoms with Crippen molar-refractivity contribution in [2.75, 3.05) is 12.4 Å². The Balaban J connectivity index is 2.18. The number of halogens is 1. The van der Waals surface area contributed by atoms with E-state index < -0.39 is 5.60 Å². The first kappa shape index (κ1) is 16.2. The zero-order valence-corrected chi connectivity index (χ0v) is 13.2. The van der Waals surface area contributed by atoms with Gasteiger partial charge in [0.05, 0.1) is 5.60 Å². The molecule has 22 heavy (non-hydrogen) atoms. The zero-order chi connectivity index (χ0) is 16.3. The lowest BCUT2D eigenvalue weighted by molar-refractivity contribution is 0.0192. The van der Waals surface area contributed by atoms with Gasteiger partial charge < -0.3 is 10.1 Å². The van der Waals surface area contributed by atoms with Crippen LogP contribution in [0.5, 0.6) is 0 Å². The van der Waals surface area contributed by atoms with Gasteiger partial charge in [-0.1, -0.05) is 18.2 Å². The molecule has 2 rings (SSSR count). The van der Waals surface area contributed by atoms with Crippen molar-refractivity contribution in [2.24, 2.45) is 0 Å². The molecule has 0 spiro atoms. The Labute approximate surface area is 130 Å². The van der Waals surface area contributed by atoms with Crippen LogP contribution in [0.15, 0.2) is 42.5 Å². The van der Waals surface area contributed by atoms with Gasteiger partial charge in [-0.2, -0.15) is 0 Å². The number of methoxy groups -OCH3 is 1. The number of ether oxygens (including phenoxy) is 1. The predicted octanol–water partition coefficient (Wildman–Crippen LogP) is 4.27. The van der Waals surface area contributed by atoms with Gasteiger partial charge in [0.25, 0.3) is 5.91 Å². The molecule has 0 heterocycles. The lowest BCUT2D eigenvalue weighted by Crippen LogP contribution is -2.20. The van der Waals surface area contributed by atoms with Crippen LogP contribution in [0, 0.1) is 12.7 Å². The molecule has 0 aliphatic carbocycles. The summed E-state index contributed by atoms with van der Waals surface area (Å²) in [5.74, 6) is -0.645. The molecule has 3 nitrogen and oxygen atoms in total. The number of aryl methyl sites for hydroxylation is 1. The Morgan fingerprint density at radius 2 is 1.77 bits per heavy atom. The maximum Gasteiger partial charge on any atom is 0.255 e. The van der Waals surface area contributed by atoms with Crippen molar-refractivity contribution >= 4 is 11.6 Å². The SMILES string of the molecule is COC(C)(C)c1ccc(C(=O)Nc2cc(F)ccc2C)cc1. The highest BCUT2D eigenvalue weighted by Gasteiger charge is 2.19. The number of amides is 1. The Bertz CT molecular complexity index is 678. The average Bonchev–Trinajstić information content (AvgIpc) is 2.51. The van der Waals surface area contributed by atoms with Gasteiger partial charge in [0, 0.05) is 18.4 Å². The standard InChI is InChI=1S/C18H20FNO2/c1-12-5-10-15(19)11-16(12)20-17(21)13-6-8-14(9-7-13)18(2,3)22-4/h5-11H,1-4H3,(H,20,21). The van der Waals surface area contributed by atoms with Crippen molar-refractivity contribution in [1.82, 2.24) is 0 Å². The Kier molecular flexibility index (Phi) is 4.62. The minimum Gasteiger partial charge on any atom is -0.374 e. The van der Waals surface area contributed by atoms with Crippen LogP contribution in [0.1, 0.15) is 35.3 Å². The van der Waals surface area contributed by atoms with Gasteiger partial charge >= 0.3 is 0 Å². The quantitative estimate of drug-likeness (QED) is 0.916. The molecular weight excluding hydrogens is 281 g/mol. The second kappa shape index (κ2) is 6.28. The van der Waals surface area contributed by atoms with Crippen LogP contribution in [0.2, 0.25) is 0 Å². The van der Waals surface area contributed by atoms with Crippen LogP contribution in [0.25, 0.3) is 0 Å². The van der Waals surface area contributed by atoms with E-state index in [-0.39, 0.29) is 11.7 Å². The minimum atomic E-state index is -0.409. The molecular formula is C18H20FNO2. The smallest absolute Gasteiger partial charge is 0.255 e. The lowest BCUT2D eigenvalue weighted by atomic mass is 9.97. The monoisotopic (exact) mass is 301 g/mol. The van der Waals surface area contributed by atoms with E-state index in [1.165, 1.54) is 12.1 Å². The van der Waals surface area contributed by atoms with Crippen molar-refractivity contribution in [1.29, 1.82) is 0 Å². The van der Waals surface area contributed by atoms with Gasteiger partial charge in [0.1, 0.15) is 5.82 Å². The Hall–Kier alpha value is -2.20. The summed E-state index contributed by atoms with van der Waals surface area (Å²) in [6.07, 6.45) is 0. The van der Waals surface area contributed by atoms with Gasteiger partial charge in [-0.3, -0.25) is 4.79 Å². The number of hydrogen-bond acceptors (Lipinski definition) is 2. The summed E-state index contributed by atoms with van der Waals surface area (Å²) in [5.41, 5.74) is 2.37. The molecule has 0 saturated heterocycles. The van der Waals surface area contributed by atoms with E-state index in [1.54, 1.807) is 25.3 Å². The number of anilines is 1. The number of benzene rings is 2. The van der Waals surface area contributed by atoms with Crippen LogP contribution in [-0.2, 0) is 10.3 Å². The maximum absolute atomic E-state index is 13.3. The summed E-state index contributed by atoms with van der Waals surface area (Å²) in [6.45, 7) is 5.73. The van der Waals surface area contributed by atoms with E-state index >= 15 is 0 Å². The molecule has 0 saturated carbocycles. The summed E-state index contributed by atoms with van der Waals surface area (Å²) in [7, 11) is 1.65. The lowest BCUT2D eigenvalue weighted by Gasteiger charge is -2.23. The van der Waals surface area contributed by atoms with Crippen LogP contribution < -0.4 is 5.32 Å². The molecule has 1 amide bonds. The highest BCUT2D eigenvalue weighted by atomic mass is 19.1. The fourth-order valence-corrected chi connectivity index (χ4v) is 2.06.